The highest BCUT2D eigenvalue weighted by atomic mass is 16.5. The monoisotopic (exact) mass is 293 g/mol. The number of hydrogen-bond acceptors (Lipinski definition) is 4. The van der Waals surface area contributed by atoms with Gasteiger partial charge in [-0.1, -0.05) is 20.8 Å². The first-order valence-corrected chi connectivity index (χ1v) is 7.56. The third-order valence-electron chi connectivity index (χ3n) is 3.49. The number of hydrogen-bond donors (Lipinski definition) is 2. The summed E-state index contributed by atoms with van der Waals surface area (Å²) < 4.78 is 5.69. The van der Waals surface area contributed by atoms with Crippen LogP contribution in [0.3, 0.4) is 0 Å². The van der Waals surface area contributed by atoms with Gasteiger partial charge in [0.1, 0.15) is 12.4 Å². The fourth-order valence-corrected chi connectivity index (χ4v) is 1.84. The number of rotatable bonds is 9. The number of carbonyl (C=O) groups is 1. The van der Waals surface area contributed by atoms with Gasteiger partial charge in [0.25, 0.3) is 0 Å². The molecular formula is C16H27N3O2. The molecule has 0 fully saturated rings. The van der Waals surface area contributed by atoms with E-state index in [1.807, 2.05) is 24.3 Å². The van der Waals surface area contributed by atoms with Gasteiger partial charge in [0.15, 0.2) is 0 Å². The fourth-order valence-electron chi connectivity index (χ4n) is 1.84. The molecule has 0 aromatic heterocycles. The summed E-state index contributed by atoms with van der Waals surface area (Å²) in [6, 6.07) is 7.41. The van der Waals surface area contributed by atoms with Crippen LogP contribution in [0.5, 0.6) is 5.75 Å². The van der Waals surface area contributed by atoms with E-state index in [1.54, 1.807) is 6.92 Å². The average molecular weight is 293 g/mol. The smallest absolute Gasteiger partial charge is 0.228 e. The predicted molar refractivity (Wildman–Crippen MR) is 86.6 cm³/mol. The zero-order valence-corrected chi connectivity index (χ0v) is 13.3. The number of carbonyl (C=O) groups excluding carboxylic acids is 1. The van der Waals surface area contributed by atoms with Crippen molar-refractivity contribution in [2.24, 2.45) is 11.7 Å². The van der Waals surface area contributed by atoms with Crippen molar-refractivity contribution in [2.45, 2.75) is 20.8 Å². The van der Waals surface area contributed by atoms with Crippen molar-refractivity contribution in [2.75, 3.05) is 38.1 Å². The summed E-state index contributed by atoms with van der Waals surface area (Å²) >= 11 is 0. The molecule has 0 bridgehead atoms. The largest absolute Gasteiger partial charge is 0.492 e. The first-order valence-electron chi connectivity index (χ1n) is 7.56. The van der Waals surface area contributed by atoms with Gasteiger partial charge < -0.3 is 20.7 Å². The molecule has 0 saturated carbocycles. The Labute approximate surface area is 127 Å². The Kier molecular flexibility index (Phi) is 7.79. The summed E-state index contributed by atoms with van der Waals surface area (Å²) in [5.74, 6) is 0.565. The molecular weight excluding hydrogens is 266 g/mol. The molecule has 0 spiro atoms. The van der Waals surface area contributed by atoms with Gasteiger partial charge in [-0.2, -0.15) is 0 Å². The van der Waals surface area contributed by atoms with Crippen LogP contribution in [0.25, 0.3) is 0 Å². The molecule has 5 heteroatoms. The van der Waals surface area contributed by atoms with Gasteiger partial charge in [0.2, 0.25) is 5.91 Å². The lowest BCUT2D eigenvalue weighted by Crippen LogP contribution is -2.28. The average Bonchev–Trinajstić information content (AvgIpc) is 2.52. The van der Waals surface area contributed by atoms with E-state index in [9.17, 15) is 4.79 Å². The molecule has 0 aliphatic rings. The number of nitrogens with two attached hydrogens (primary N) is 1. The van der Waals surface area contributed by atoms with E-state index >= 15 is 0 Å². The molecule has 1 aromatic carbocycles. The van der Waals surface area contributed by atoms with Gasteiger partial charge in [-0.3, -0.25) is 4.79 Å². The van der Waals surface area contributed by atoms with Crippen LogP contribution in [0.2, 0.25) is 0 Å². The van der Waals surface area contributed by atoms with Crippen molar-refractivity contribution in [1.29, 1.82) is 0 Å². The molecule has 1 amide bonds. The highest BCUT2D eigenvalue weighted by molar-refractivity contribution is 5.92. The number of nitrogens with one attached hydrogen (secondary N) is 1. The molecule has 0 aliphatic carbocycles. The van der Waals surface area contributed by atoms with Crippen LogP contribution in [-0.2, 0) is 4.79 Å². The lowest BCUT2D eigenvalue weighted by atomic mass is 10.1. The molecule has 0 heterocycles. The maximum atomic E-state index is 11.7. The Morgan fingerprint density at radius 3 is 2.43 bits per heavy atom. The van der Waals surface area contributed by atoms with Crippen molar-refractivity contribution in [3.05, 3.63) is 24.3 Å². The standard InChI is InChI=1S/C16H27N3O2/c1-4-19(5-2)10-11-21-15-8-6-14(7-9-15)18-16(20)13(3)12-17/h6-9,13H,4-5,10-12,17H2,1-3H3,(H,18,20). The zero-order valence-electron chi connectivity index (χ0n) is 13.3. The first-order chi connectivity index (χ1) is 10.1. The Morgan fingerprint density at radius 1 is 1.29 bits per heavy atom. The van der Waals surface area contributed by atoms with Crippen molar-refractivity contribution in [3.63, 3.8) is 0 Å². The van der Waals surface area contributed by atoms with E-state index in [2.05, 4.69) is 24.1 Å². The summed E-state index contributed by atoms with van der Waals surface area (Å²) in [6.45, 7) is 10.1. The fraction of sp³-hybridized carbons (Fsp3) is 0.562. The van der Waals surface area contributed by atoms with Crippen LogP contribution in [-0.4, -0.2) is 43.6 Å². The summed E-state index contributed by atoms with van der Waals surface area (Å²) in [5.41, 5.74) is 6.23. The Morgan fingerprint density at radius 2 is 1.90 bits per heavy atom. The highest BCUT2D eigenvalue weighted by Gasteiger charge is 2.10. The van der Waals surface area contributed by atoms with Gasteiger partial charge in [0, 0.05) is 24.7 Å². The molecule has 0 aliphatic heterocycles. The van der Waals surface area contributed by atoms with E-state index in [1.165, 1.54) is 0 Å². The Hall–Kier alpha value is -1.59. The maximum Gasteiger partial charge on any atom is 0.228 e. The molecule has 0 radical (unpaired) electrons. The van der Waals surface area contributed by atoms with Gasteiger partial charge in [-0.15, -0.1) is 0 Å². The Balaban J connectivity index is 2.41. The second-order valence-electron chi connectivity index (χ2n) is 5.03. The minimum absolute atomic E-state index is 0.0623. The van der Waals surface area contributed by atoms with Gasteiger partial charge in [-0.25, -0.2) is 0 Å². The van der Waals surface area contributed by atoms with E-state index in [0.717, 1.165) is 31.1 Å². The summed E-state index contributed by atoms with van der Waals surface area (Å²) in [4.78, 5) is 14.0. The molecule has 21 heavy (non-hydrogen) atoms. The second kappa shape index (κ2) is 9.37. The van der Waals surface area contributed by atoms with E-state index in [4.69, 9.17) is 10.5 Å². The SMILES string of the molecule is CCN(CC)CCOc1ccc(NC(=O)C(C)CN)cc1. The summed E-state index contributed by atoms with van der Waals surface area (Å²) in [6.07, 6.45) is 0. The topological polar surface area (TPSA) is 67.6 Å². The molecule has 3 N–H and O–H groups in total. The first kappa shape index (κ1) is 17.5. The van der Waals surface area contributed by atoms with E-state index < -0.39 is 0 Å². The quantitative estimate of drug-likeness (QED) is 0.730. The van der Waals surface area contributed by atoms with E-state index in [0.29, 0.717) is 13.2 Å². The summed E-state index contributed by atoms with van der Waals surface area (Å²) in [5, 5.41) is 2.83. The molecule has 5 nitrogen and oxygen atoms in total. The number of benzene rings is 1. The lowest BCUT2D eigenvalue weighted by molar-refractivity contribution is -0.119. The van der Waals surface area contributed by atoms with Crippen LogP contribution in [0.15, 0.2) is 24.3 Å². The molecule has 1 aromatic rings. The minimum Gasteiger partial charge on any atom is -0.492 e. The third kappa shape index (κ3) is 6.14. The highest BCUT2D eigenvalue weighted by Crippen LogP contribution is 2.16. The van der Waals surface area contributed by atoms with E-state index in [-0.39, 0.29) is 11.8 Å². The lowest BCUT2D eigenvalue weighted by Gasteiger charge is -2.18. The van der Waals surface area contributed by atoms with Crippen molar-refractivity contribution >= 4 is 11.6 Å². The van der Waals surface area contributed by atoms with Crippen molar-refractivity contribution in [1.82, 2.24) is 4.90 Å². The summed E-state index contributed by atoms with van der Waals surface area (Å²) in [7, 11) is 0. The molecule has 118 valence electrons. The van der Waals surface area contributed by atoms with Crippen molar-refractivity contribution in [3.8, 4) is 5.75 Å². The maximum absolute atomic E-state index is 11.7. The number of amides is 1. The normalized spacial score (nSPS) is 12.2. The Bertz CT molecular complexity index is 416. The van der Waals surface area contributed by atoms with Crippen LogP contribution in [0.1, 0.15) is 20.8 Å². The third-order valence-corrected chi connectivity index (χ3v) is 3.49. The van der Waals surface area contributed by atoms with Crippen LogP contribution in [0, 0.1) is 5.92 Å². The molecule has 1 atom stereocenters. The van der Waals surface area contributed by atoms with Gasteiger partial charge in [0.05, 0.1) is 0 Å². The number of ether oxygens (including phenoxy) is 1. The minimum atomic E-state index is -0.185. The number of anilines is 1. The molecule has 1 unspecified atom stereocenters. The van der Waals surface area contributed by atoms with Crippen LogP contribution in [0.4, 0.5) is 5.69 Å². The van der Waals surface area contributed by atoms with Gasteiger partial charge >= 0.3 is 0 Å². The van der Waals surface area contributed by atoms with Crippen molar-refractivity contribution < 1.29 is 9.53 Å². The predicted octanol–water partition coefficient (Wildman–Crippen LogP) is 1.94. The second-order valence-corrected chi connectivity index (χ2v) is 5.03. The number of nitrogens with zero attached hydrogens (tertiary/aromatic N) is 1. The van der Waals surface area contributed by atoms with Crippen LogP contribution >= 0.6 is 0 Å². The molecule has 1 rings (SSSR count). The molecule has 0 saturated heterocycles. The van der Waals surface area contributed by atoms with Gasteiger partial charge in [-0.05, 0) is 37.4 Å². The zero-order chi connectivity index (χ0) is 15.7. The van der Waals surface area contributed by atoms with Crippen LogP contribution < -0.4 is 15.8 Å². The number of likely N-dealkylation sites (N-methyl/N-ethyl adjacent to an activating group) is 1.